The SMILES string of the molecule is Cc1cc(-c2cc(S(C)(=O)=O)ccc2Oc2ccccc2)c2ccnc-2n1O. The predicted octanol–water partition coefficient (Wildman–Crippen LogP) is 4.40. The van der Waals surface area contributed by atoms with Gasteiger partial charge in [0.2, 0.25) is 0 Å². The van der Waals surface area contributed by atoms with Crippen molar-refractivity contribution in [2.24, 2.45) is 0 Å². The third-order valence-electron chi connectivity index (χ3n) is 4.50. The summed E-state index contributed by atoms with van der Waals surface area (Å²) in [6, 6.07) is 17.6. The van der Waals surface area contributed by atoms with E-state index in [4.69, 9.17) is 4.74 Å². The van der Waals surface area contributed by atoms with Gasteiger partial charge in [-0.1, -0.05) is 18.2 Å². The summed E-state index contributed by atoms with van der Waals surface area (Å²) < 4.78 is 31.3. The number of aromatic nitrogens is 2. The molecule has 28 heavy (non-hydrogen) atoms. The number of benzene rings is 2. The molecule has 0 aliphatic carbocycles. The van der Waals surface area contributed by atoms with Crippen LogP contribution in [-0.2, 0) is 9.84 Å². The highest BCUT2D eigenvalue weighted by Crippen LogP contribution is 2.41. The highest BCUT2D eigenvalue weighted by atomic mass is 32.2. The summed E-state index contributed by atoms with van der Waals surface area (Å²) in [5.41, 5.74) is 2.59. The van der Waals surface area contributed by atoms with E-state index in [0.717, 1.165) is 10.3 Å². The Labute approximate surface area is 162 Å². The zero-order chi connectivity index (χ0) is 19.9. The van der Waals surface area contributed by atoms with Gasteiger partial charge < -0.3 is 9.94 Å². The van der Waals surface area contributed by atoms with Gasteiger partial charge in [-0.25, -0.2) is 13.4 Å². The van der Waals surface area contributed by atoms with E-state index in [1.165, 1.54) is 12.3 Å². The van der Waals surface area contributed by atoms with Crippen LogP contribution in [0.15, 0.2) is 71.8 Å². The molecule has 7 heteroatoms. The number of aryl methyl sites for hydroxylation is 1. The minimum Gasteiger partial charge on any atom is -0.457 e. The number of hydrogen-bond acceptors (Lipinski definition) is 5. The molecule has 1 N–H and O–H groups in total. The van der Waals surface area contributed by atoms with Crippen molar-refractivity contribution in [3.8, 4) is 34.0 Å². The van der Waals surface area contributed by atoms with Crippen LogP contribution in [0.25, 0.3) is 22.5 Å². The van der Waals surface area contributed by atoms with Crippen LogP contribution < -0.4 is 4.74 Å². The van der Waals surface area contributed by atoms with Crippen LogP contribution in [-0.4, -0.2) is 29.6 Å². The van der Waals surface area contributed by atoms with E-state index >= 15 is 0 Å². The number of fused-ring (bicyclic) bond motifs is 1. The number of pyridine rings is 1. The van der Waals surface area contributed by atoms with Gasteiger partial charge in [0.25, 0.3) is 0 Å². The Hall–Kier alpha value is -3.32. The maximum absolute atomic E-state index is 12.1. The van der Waals surface area contributed by atoms with E-state index in [2.05, 4.69) is 4.98 Å². The van der Waals surface area contributed by atoms with E-state index in [-0.39, 0.29) is 4.90 Å². The molecule has 0 atom stereocenters. The molecule has 2 aromatic rings. The van der Waals surface area contributed by atoms with E-state index in [9.17, 15) is 13.6 Å². The number of para-hydroxylation sites is 1. The highest BCUT2D eigenvalue weighted by molar-refractivity contribution is 7.90. The number of ether oxygens (including phenoxy) is 1. The summed E-state index contributed by atoms with van der Waals surface area (Å²) in [5, 5.41) is 10.2. The fourth-order valence-electron chi connectivity index (χ4n) is 3.10. The van der Waals surface area contributed by atoms with Gasteiger partial charge in [0.15, 0.2) is 15.7 Å². The lowest BCUT2D eigenvalue weighted by atomic mass is 9.98. The van der Waals surface area contributed by atoms with Gasteiger partial charge in [-0.15, -0.1) is 0 Å². The van der Waals surface area contributed by atoms with E-state index < -0.39 is 9.84 Å². The highest BCUT2D eigenvalue weighted by Gasteiger charge is 2.21. The van der Waals surface area contributed by atoms with Crippen molar-refractivity contribution in [1.29, 1.82) is 0 Å². The van der Waals surface area contributed by atoms with Crippen molar-refractivity contribution in [2.45, 2.75) is 11.8 Å². The summed E-state index contributed by atoms with van der Waals surface area (Å²) in [6.45, 7) is 1.75. The van der Waals surface area contributed by atoms with Crippen molar-refractivity contribution >= 4 is 9.84 Å². The average molecular weight is 394 g/mol. The number of rotatable bonds is 4. The molecule has 2 aromatic carbocycles. The molecule has 6 nitrogen and oxygen atoms in total. The van der Waals surface area contributed by atoms with Crippen molar-refractivity contribution < 1.29 is 18.4 Å². The second kappa shape index (κ2) is 6.69. The lowest BCUT2D eigenvalue weighted by molar-refractivity contribution is 0.180. The Morgan fingerprint density at radius 3 is 2.43 bits per heavy atom. The van der Waals surface area contributed by atoms with Crippen LogP contribution >= 0.6 is 0 Å². The largest absolute Gasteiger partial charge is 0.457 e. The lowest BCUT2D eigenvalue weighted by Gasteiger charge is -2.17. The van der Waals surface area contributed by atoms with Crippen LogP contribution in [0.4, 0.5) is 0 Å². The summed E-state index contributed by atoms with van der Waals surface area (Å²) in [4.78, 5) is 4.39. The third-order valence-corrected chi connectivity index (χ3v) is 5.61. The molecule has 142 valence electrons. The molecule has 0 radical (unpaired) electrons. The van der Waals surface area contributed by atoms with Crippen molar-refractivity contribution in [1.82, 2.24) is 9.71 Å². The van der Waals surface area contributed by atoms with Gasteiger partial charge in [-0.3, -0.25) is 0 Å². The third kappa shape index (κ3) is 3.20. The number of nitrogens with zero attached hydrogens (tertiary/aromatic N) is 2. The Morgan fingerprint density at radius 1 is 0.964 bits per heavy atom. The molecule has 0 amide bonds. The van der Waals surface area contributed by atoms with Gasteiger partial charge in [-0.05, 0) is 55.0 Å². The minimum atomic E-state index is -3.41. The smallest absolute Gasteiger partial charge is 0.176 e. The number of sulfone groups is 1. The molecule has 0 aromatic heterocycles. The topological polar surface area (TPSA) is 81.4 Å². The van der Waals surface area contributed by atoms with Crippen LogP contribution in [0.5, 0.6) is 11.5 Å². The summed E-state index contributed by atoms with van der Waals surface area (Å²) in [5.74, 6) is 1.54. The lowest BCUT2D eigenvalue weighted by Crippen LogP contribution is -2.05. The first kappa shape index (κ1) is 18.1. The number of hydrogen-bond donors (Lipinski definition) is 1. The zero-order valence-electron chi connectivity index (χ0n) is 15.3. The molecule has 0 spiro atoms. The van der Waals surface area contributed by atoms with Crippen molar-refractivity contribution in [3.63, 3.8) is 0 Å². The van der Waals surface area contributed by atoms with Crippen molar-refractivity contribution in [3.05, 3.63) is 72.6 Å². The fourth-order valence-corrected chi connectivity index (χ4v) is 3.75. The first-order valence-electron chi connectivity index (χ1n) is 8.58. The molecule has 0 bridgehead atoms. The Morgan fingerprint density at radius 2 is 1.71 bits per heavy atom. The average Bonchev–Trinajstić information content (AvgIpc) is 3.15. The Bertz CT molecular complexity index is 1230. The molecule has 4 rings (SSSR count). The van der Waals surface area contributed by atoms with E-state index in [1.807, 2.05) is 30.3 Å². The molecule has 2 aliphatic heterocycles. The predicted molar refractivity (Wildman–Crippen MR) is 106 cm³/mol. The molecular formula is C21H18N2O4S. The van der Waals surface area contributed by atoms with Crippen LogP contribution in [0.1, 0.15) is 5.69 Å². The van der Waals surface area contributed by atoms with Gasteiger partial charge in [0, 0.05) is 23.6 Å². The molecule has 0 unspecified atom stereocenters. The normalized spacial score (nSPS) is 11.6. The second-order valence-electron chi connectivity index (χ2n) is 6.54. The van der Waals surface area contributed by atoms with E-state index in [1.54, 1.807) is 37.4 Å². The molecule has 2 aliphatic rings. The quantitative estimate of drug-likeness (QED) is 0.519. The van der Waals surface area contributed by atoms with Gasteiger partial charge in [-0.2, -0.15) is 4.73 Å². The first-order valence-corrected chi connectivity index (χ1v) is 10.5. The standard InChI is InChI=1S/C21H18N2O4S/c1-14-12-18(17-10-11-22-21(17)23(14)24)19-13-16(28(2,25)26)8-9-20(19)27-15-6-4-3-5-7-15/h3-13,24H,1-2H3. The first-order chi connectivity index (χ1) is 13.3. The molecule has 2 heterocycles. The van der Waals surface area contributed by atoms with Gasteiger partial charge in [0.05, 0.1) is 10.6 Å². The second-order valence-corrected chi connectivity index (χ2v) is 8.55. The maximum Gasteiger partial charge on any atom is 0.176 e. The summed E-state index contributed by atoms with van der Waals surface area (Å²) >= 11 is 0. The monoisotopic (exact) mass is 394 g/mol. The molecule has 0 saturated heterocycles. The Balaban J connectivity index is 1.96. The Kier molecular flexibility index (Phi) is 4.31. The van der Waals surface area contributed by atoms with Crippen molar-refractivity contribution in [2.75, 3.05) is 6.26 Å². The molecule has 0 fully saturated rings. The minimum absolute atomic E-state index is 0.189. The fraction of sp³-hybridized carbons (Fsp3) is 0.0952. The molecule has 0 saturated carbocycles. The van der Waals surface area contributed by atoms with Gasteiger partial charge >= 0.3 is 0 Å². The van der Waals surface area contributed by atoms with Gasteiger partial charge in [0.1, 0.15) is 11.5 Å². The zero-order valence-corrected chi connectivity index (χ0v) is 16.1. The van der Waals surface area contributed by atoms with Crippen LogP contribution in [0.2, 0.25) is 0 Å². The summed E-state index contributed by atoms with van der Waals surface area (Å²) in [6.07, 6.45) is 2.76. The van der Waals surface area contributed by atoms with Crippen LogP contribution in [0.3, 0.4) is 0 Å². The molecular weight excluding hydrogens is 376 g/mol. The van der Waals surface area contributed by atoms with Crippen LogP contribution in [0, 0.1) is 6.92 Å². The summed E-state index contributed by atoms with van der Waals surface area (Å²) in [7, 11) is -3.41. The maximum atomic E-state index is 12.1. The van der Waals surface area contributed by atoms with E-state index in [0.29, 0.717) is 34.1 Å².